The number of nitrogens with zero attached hydrogens (tertiary/aromatic N) is 1. The Bertz CT molecular complexity index is 501. The Hall–Kier alpha value is -1.91. The molecule has 0 bridgehead atoms. The maximum Gasteiger partial charge on any atom is 0.191 e. The van der Waals surface area contributed by atoms with Gasteiger partial charge in [0.2, 0.25) is 0 Å². The third-order valence-corrected chi connectivity index (χ3v) is 3.69. The average Bonchev–Trinajstić information content (AvgIpc) is 2.56. The lowest BCUT2D eigenvalue weighted by atomic mass is 10.0. The van der Waals surface area contributed by atoms with E-state index in [-0.39, 0.29) is 0 Å². The zero-order chi connectivity index (χ0) is 17.2. The Morgan fingerprint density at radius 3 is 2.35 bits per heavy atom. The molecule has 5 heteroatoms. The smallest absolute Gasteiger partial charge is 0.191 e. The van der Waals surface area contributed by atoms with Gasteiger partial charge in [0, 0.05) is 19.6 Å². The molecule has 0 heterocycles. The van der Waals surface area contributed by atoms with Gasteiger partial charge in [-0.15, -0.1) is 0 Å². The van der Waals surface area contributed by atoms with E-state index in [1.54, 1.807) is 21.3 Å². The molecule has 0 amide bonds. The van der Waals surface area contributed by atoms with E-state index in [1.807, 2.05) is 18.2 Å². The fourth-order valence-corrected chi connectivity index (χ4v) is 2.26. The van der Waals surface area contributed by atoms with Gasteiger partial charge >= 0.3 is 0 Å². The summed E-state index contributed by atoms with van der Waals surface area (Å²) in [5, 5.41) is 6.76. The maximum atomic E-state index is 5.33. The van der Waals surface area contributed by atoms with Gasteiger partial charge in [0.05, 0.1) is 14.2 Å². The summed E-state index contributed by atoms with van der Waals surface area (Å²) in [5.74, 6) is 3.01. The molecule has 5 nitrogen and oxygen atoms in total. The van der Waals surface area contributed by atoms with Gasteiger partial charge in [-0.2, -0.15) is 0 Å². The molecule has 0 aliphatic heterocycles. The minimum atomic E-state index is 0.397. The van der Waals surface area contributed by atoms with E-state index >= 15 is 0 Å². The summed E-state index contributed by atoms with van der Waals surface area (Å²) in [6, 6.07) is 6.30. The van der Waals surface area contributed by atoms with Gasteiger partial charge < -0.3 is 20.1 Å². The molecule has 1 atom stereocenters. The Morgan fingerprint density at radius 2 is 1.78 bits per heavy atom. The fourth-order valence-electron chi connectivity index (χ4n) is 2.26. The van der Waals surface area contributed by atoms with E-state index in [0.29, 0.717) is 12.6 Å². The molecule has 130 valence electrons. The monoisotopic (exact) mass is 321 g/mol. The number of nitrogens with one attached hydrogen (secondary N) is 2. The molecule has 0 aromatic heterocycles. The highest BCUT2D eigenvalue weighted by Crippen LogP contribution is 2.27. The number of methoxy groups -OCH3 is 2. The topological polar surface area (TPSA) is 54.9 Å². The molecule has 1 unspecified atom stereocenters. The zero-order valence-corrected chi connectivity index (χ0v) is 15.3. The first-order valence-corrected chi connectivity index (χ1v) is 8.18. The normalized spacial score (nSPS) is 12.9. The maximum absolute atomic E-state index is 5.33. The zero-order valence-electron chi connectivity index (χ0n) is 15.3. The van der Waals surface area contributed by atoms with Crippen LogP contribution in [-0.4, -0.2) is 33.3 Å². The van der Waals surface area contributed by atoms with Crippen molar-refractivity contribution >= 4 is 5.96 Å². The summed E-state index contributed by atoms with van der Waals surface area (Å²) in [6.07, 6.45) is 2.34. The molecule has 0 saturated carbocycles. The Balaban J connectivity index is 2.54. The van der Waals surface area contributed by atoms with Crippen molar-refractivity contribution < 1.29 is 9.47 Å². The second-order valence-corrected chi connectivity index (χ2v) is 6.13. The average molecular weight is 321 g/mol. The highest BCUT2D eigenvalue weighted by atomic mass is 16.5. The van der Waals surface area contributed by atoms with Crippen LogP contribution in [0.2, 0.25) is 0 Å². The van der Waals surface area contributed by atoms with Gasteiger partial charge in [0.25, 0.3) is 0 Å². The molecule has 1 aromatic carbocycles. The van der Waals surface area contributed by atoms with Crippen LogP contribution in [0.4, 0.5) is 0 Å². The lowest BCUT2D eigenvalue weighted by Crippen LogP contribution is -2.41. The molecular formula is C18H31N3O2. The highest BCUT2D eigenvalue weighted by Gasteiger charge is 2.08. The van der Waals surface area contributed by atoms with Crippen LogP contribution in [0.15, 0.2) is 23.2 Å². The van der Waals surface area contributed by atoms with E-state index < -0.39 is 0 Å². The van der Waals surface area contributed by atoms with Gasteiger partial charge in [-0.1, -0.05) is 19.9 Å². The minimum Gasteiger partial charge on any atom is -0.493 e. The first-order chi connectivity index (χ1) is 11.0. The first kappa shape index (κ1) is 19.1. The molecule has 0 spiro atoms. The predicted octanol–water partition coefficient (Wildman–Crippen LogP) is 3.19. The summed E-state index contributed by atoms with van der Waals surface area (Å²) in [5.41, 5.74) is 1.11. The SMILES string of the molecule is CN=C(NCc1ccc(OC)c(OC)c1)NC(C)CCC(C)C. The van der Waals surface area contributed by atoms with Gasteiger partial charge in [0.1, 0.15) is 0 Å². The molecule has 0 aliphatic rings. The van der Waals surface area contributed by atoms with Crippen LogP contribution in [0.1, 0.15) is 39.2 Å². The van der Waals surface area contributed by atoms with Gasteiger partial charge in [-0.05, 0) is 43.4 Å². The molecule has 2 N–H and O–H groups in total. The molecule has 0 radical (unpaired) electrons. The highest BCUT2D eigenvalue weighted by molar-refractivity contribution is 5.79. The standard InChI is InChI=1S/C18H31N3O2/c1-13(2)7-8-14(3)21-18(19-4)20-12-15-9-10-16(22-5)17(11-15)23-6/h9-11,13-14H,7-8,12H2,1-6H3,(H2,19,20,21). The fraction of sp³-hybridized carbons (Fsp3) is 0.611. The van der Waals surface area contributed by atoms with Crippen molar-refractivity contribution in [2.24, 2.45) is 10.9 Å². The summed E-state index contributed by atoms with van der Waals surface area (Å²) in [4.78, 5) is 4.28. The Kier molecular flexibility index (Phi) is 8.30. The molecular weight excluding hydrogens is 290 g/mol. The van der Waals surface area contributed by atoms with E-state index in [1.165, 1.54) is 6.42 Å². The molecule has 0 saturated heterocycles. The molecule has 23 heavy (non-hydrogen) atoms. The van der Waals surface area contributed by atoms with Gasteiger partial charge in [-0.25, -0.2) is 0 Å². The number of guanidine groups is 1. The van der Waals surface area contributed by atoms with Crippen molar-refractivity contribution in [1.29, 1.82) is 0 Å². The van der Waals surface area contributed by atoms with Gasteiger partial charge in [0.15, 0.2) is 17.5 Å². The largest absolute Gasteiger partial charge is 0.493 e. The summed E-state index contributed by atoms with van der Waals surface area (Å²) >= 11 is 0. The summed E-state index contributed by atoms with van der Waals surface area (Å²) < 4.78 is 10.6. The van der Waals surface area contributed by atoms with Crippen molar-refractivity contribution in [2.75, 3.05) is 21.3 Å². The molecule has 1 rings (SSSR count). The Morgan fingerprint density at radius 1 is 1.09 bits per heavy atom. The molecule has 0 aliphatic carbocycles. The number of benzene rings is 1. The molecule has 1 aromatic rings. The first-order valence-electron chi connectivity index (χ1n) is 8.18. The van der Waals surface area contributed by atoms with Crippen LogP contribution < -0.4 is 20.1 Å². The number of ether oxygens (including phenoxy) is 2. The molecule has 0 fully saturated rings. The van der Waals surface area contributed by atoms with E-state index in [9.17, 15) is 0 Å². The van der Waals surface area contributed by atoms with Crippen molar-refractivity contribution in [2.45, 2.75) is 46.2 Å². The van der Waals surface area contributed by atoms with Crippen LogP contribution in [0.3, 0.4) is 0 Å². The van der Waals surface area contributed by atoms with E-state index in [4.69, 9.17) is 9.47 Å². The predicted molar refractivity (Wildman–Crippen MR) is 96.4 cm³/mol. The van der Waals surface area contributed by atoms with Gasteiger partial charge in [-0.3, -0.25) is 4.99 Å². The van der Waals surface area contributed by atoms with Crippen LogP contribution in [0.25, 0.3) is 0 Å². The third-order valence-electron chi connectivity index (χ3n) is 3.69. The number of rotatable bonds is 8. The van der Waals surface area contributed by atoms with E-state index in [2.05, 4.69) is 36.4 Å². The van der Waals surface area contributed by atoms with Crippen LogP contribution in [0, 0.1) is 5.92 Å². The minimum absolute atomic E-state index is 0.397. The van der Waals surface area contributed by atoms with Crippen molar-refractivity contribution in [3.63, 3.8) is 0 Å². The van der Waals surface area contributed by atoms with E-state index in [0.717, 1.165) is 35.4 Å². The second kappa shape index (κ2) is 9.98. The lowest BCUT2D eigenvalue weighted by molar-refractivity contribution is 0.354. The van der Waals surface area contributed by atoms with Crippen LogP contribution in [-0.2, 0) is 6.54 Å². The van der Waals surface area contributed by atoms with Crippen molar-refractivity contribution in [3.05, 3.63) is 23.8 Å². The second-order valence-electron chi connectivity index (χ2n) is 6.13. The number of hydrogen-bond acceptors (Lipinski definition) is 3. The van der Waals surface area contributed by atoms with Crippen molar-refractivity contribution in [3.8, 4) is 11.5 Å². The summed E-state index contributed by atoms with van der Waals surface area (Å²) in [7, 11) is 5.07. The van der Waals surface area contributed by atoms with Crippen LogP contribution >= 0.6 is 0 Å². The van der Waals surface area contributed by atoms with Crippen LogP contribution in [0.5, 0.6) is 11.5 Å². The van der Waals surface area contributed by atoms with Crippen molar-refractivity contribution in [1.82, 2.24) is 10.6 Å². The quantitative estimate of drug-likeness (QED) is 0.570. The Labute approximate surface area is 140 Å². The summed E-state index contributed by atoms with van der Waals surface area (Å²) in [6.45, 7) is 7.36. The number of aliphatic imine (C=N–C) groups is 1. The third kappa shape index (κ3) is 6.80. The number of hydrogen-bond donors (Lipinski definition) is 2. The lowest BCUT2D eigenvalue weighted by Gasteiger charge is -2.19.